The Bertz CT molecular complexity index is 1080. The van der Waals surface area contributed by atoms with Gasteiger partial charge in [-0.1, -0.05) is 7.66 Å². The molecule has 3 aliphatic heterocycles. The number of fused-ring (bicyclic) bond motifs is 2. The van der Waals surface area contributed by atoms with Crippen molar-refractivity contribution in [3.05, 3.63) is 45.3 Å². The Balaban J connectivity index is 1.64. The highest BCUT2D eigenvalue weighted by atomic mass is 127. The lowest BCUT2D eigenvalue weighted by Gasteiger charge is -2.31. The summed E-state index contributed by atoms with van der Waals surface area (Å²) in [5, 5.41) is 4.62. The highest BCUT2D eigenvalue weighted by Crippen LogP contribution is 2.48. The standard InChI is InChI=1S/C22H27IN4OS/c1-15-11-17(26-5-3-24-4-6-26)13-19-21(15)25-22-16(2)12-18(14-20(22)29(19)23)27-7-9-28-10-8-27/h11-14,24H,3-10H2,1-2H3. The SMILES string of the molecule is Cc1cc(N2CCNCC2)cc2c1N=c1c(C)cc(N3CCOCC3)cc1=S2I. The Kier molecular flexibility index (Phi) is 5.57. The summed E-state index contributed by atoms with van der Waals surface area (Å²) < 4.78 is 6.92. The summed E-state index contributed by atoms with van der Waals surface area (Å²) in [6.07, 6.45) is 0. The number of ether oxygens (including phenoxy) is 1. The van der Waals surface area contributed by atoms with Gasteiger partial charge < -0.3 is 19.9 Å². The van der Waals surface area contributed by atoms with E-state index < -0.39 is 0 Å². The van der Waals surface area contributed by atoms with Crippen LogP contribution in [0.4, 0.5) is 17.1 Å². The van der Waals surface area contributed by atoms with E-state index >= 15 is 0 Å². The zero-order valence-electron chi connectivity index (χ0n) is 17.0. The maximum atomic E-state index is 5.55. The summed E-state index contributed by atoms with van der Waals surface area (Å²) in [6.45, 7) is 12.2. The highest BCUT2D eigenvalue weighted by Gasteiger charge is 2.20. The van der Waals surface area contributed by atoms with Gasteiger partial charge in [0.15, 0.2) is 0 Å². The number of morpholine rings is 1. The number of halogens is 1. The largest absolute Gasteiger partial charge is 0.378 e. The van der Waals surface area contributed by atoms with Crippen LogP contribution >= 0.6 is 28.9 Å². The molecule has 7 heteroatoms. The Labute approximate surface area is 186 Å². The molecule has 0 amide bonds. The van der Waals surface area contributed by atoms with Crippen molar-refractivity contribution in [2.75, 3.05) is 62.3 Å². The van der Waals surface area contributed by atoms with Crippen LogP contribution in [0.15, 0.2) is 34.2 Å². The number of hydrogen-bond acceptors (Lipinski definition) is 5. The van der Waals surface area contributed by atoms with Crippen molar-refractivity contribution in [2.45, 2.75) is 18.7 Å². The molecule has 3 heterocycles. The number of nitrogens with zero attached hydrogens (tertiary/aromatic N) is 3. The lowest BCUT2D eigenvalue weighted by atomic mass is 10.1. The van der Waals surface area contributed by atoms with Gasteiger partial charge in [-0.2, -0.15) is 0 Å². The zero-order valence-corrected chi connectivity index (χ0v) is 20.0. The van der Waals surface area contributed by atoms with Gasteiger partial charge in [0.05, 0.1) is 24.3 Å². The average Bonchev–Trinajstić information content (AvgIpc) is 2.76. The molecule has 1 N–H and O–H groups in total. The molecule has 29 heavy (non-hydrogen) atoms. The van der Waals surface area contributed by atoms with Gasteiger partial charge in [-0.05, 0) is 70.4 Å². The van der Waals surface area contributed by atoms with Crippen LogP contribution in [0.25, 0.3) is 0 Å². The first-order valence-corrected chi connectivity index (χ1v) is 14.1. The average molecular weight is 522 g/mol. The molecular formula is C22H27IN4OS. The predicted octanol–water partition coefficient (Wildman–Crippen LogP) is 3.74. The molecule has 0 saturated carbocycles. The molecule has 0 aromatic heterocycles. The van der Waals surface area contributed by atoms with Crippen LogP contribution in [0.1, 0.15) is 11.1 Å². The number of aryl methyl sites for hydroxylation is 2. The molecule has 2 aromatic rings. The summed E-state index contributed by atoms with van der Waals surface area (Å²) in [5.74, 6) is 0. The van der Waals surface area contributed by atoms with Crippen LogP contribution in [-0.4, -0.2) is 52.5 Å². The molecule has 0 radical (unpaired) electrons. The zero-order chi connectivity index (χ0) is 20.0. The Hall–Kier alpha value is -1.16. The van der Waals surface area contributed by atoms with Crippen LogP contribution < -0.4 is 20.5 Å². The number of rotatable bonds is 2. The molecule has 1 unspecified atom stereocenters. The molecule has 0 aliphatic carbocycles. The highest BCUT2D eigenvalue weighted by molar-refractivity contribution is 14.2. The van der Waals surface area contributed by atoms with E-state index in [1.807, 2.05) is 0 Å². The second-order valence-electron chi connectivity index (χ2n) is 7.92. The Morgan fingerprint density at radius 3 is 2.34 bits per heavy atom. The first kappa shape index (κ1) is 19.8. The normalized spacial score (nSPS) is 21.4. The molecule has 5 rings (SSSR count). The quantitative estimate of drug-likeness (QED) is 0.482. The fourth-order valence-electron chi connectivity index (χ4n) is 4.36. The van der Waals surface area contributed by atoms with Crippen molar-refractivity contribution >= 4 is 45.9 Å². The maximum absolute atomic E-state index is 5.55. The van der Waals surface area contributed by atoms with E-state index in [1.165, 1.54) is 43.0 Å². The van der Waals surface area contributed by atoms with E-state index in [0.29, 0.717) is 0 Å². The fraction of sp³-hybridized carbons (Fsp3) is 0.455. The van der Waals surface area contributed by atoms with Crippen molar-refractivity contribution in [3.8, 4) is 0 Å². The van der Waals surface area contributed by atoms with E-state index in [4.69, 9.17) is 9.73 Å². The first-order valence-electron chi connectivity index (χ1n) is 10.3. The van der Waals surface area contributed by atoms with Crippen LogP contribution in [0.2, 0.25) is 0 Å². The van der Waals surface area contributed by atoms with Crippen LogP contribution in [-0.2, 0) is 4.74 Å². The van der Waals surface area contributed by atoms with Crippen molar-refractivity contribution in [1.82, 2.24) is 5.32 Å². The van der Waals surface area contributed by atoms with Gasteiger partial charge in [0.1, 0.15) is 0 Å². The molecular weight excluding hydrogens is 495 g/mol. The molecule has 3 aliphatic rings. The third-order valence-corrected chi connectivity index (χ3v) is 10.2. The second kappa shape index (κ2) is 8.17. The van der Waals surface area contributed by atoms with Crippen LogP contribution in [0, 0.1) is 18.4 Å². The van der Waals surface area contributed by atoms with Gasteiger partial charge in [-0.3, -0.25) is 0 Å². The molecule has 1 atom stereocenters. The lowest BCUT2D eigenvalue weighted by Crippen LogP contribution is -2.43. The predicted molar refractivity (Wildman–Crippen MR) is 130 cm³/mol. The molecule has 2 aromatic carbocycles. The second-order valence-corrected chi connectivity index (χ2v) is 12.0. The Morgan fingerprint density at radius 2 is 1.59 bits per heavy atom. The third-order valence-electron chi connectivity index (χ3n) is 5.97. The number of hydrogen-bond donors (Lipinski definition) is 1. The van der Waals surface area contributed by atoms with E-state index in [9.17, 15) is 0 Å². The number of nitrogens with one attached hydrogen (secondary N) is 1. The topological polar surface area (TPSA) is 40.1 Å². The summed E-state index contributed by atoms with van der Waals surface area (Å²) in [7, 11) is -0.0140. The summed E-state index contributed by atoms with van der Waals surface area (Å²) in [6, 6.07) is 9.40. The van der Waals surface area contributed by atoms with Gasteiger partial charge in [-0.25, -0.2) is 4.99 Å². The monoisotopic (exact) mass is 522 g/mol. The molecule has 154 valence electrons. The number of benzene rings is 2. The maximum Gasteiger partial charge on any atom is 0.0806 e. The summed E-state index contributed by atoms with van der Waals surface area (Å²) in [5.41, 5.74) is 6.39. The minimum atomic E-state index is -0.0140. The molecule has 5 nitrogen and oxygen atoms in total. The smallest absolute Gasteiger partial charge is 0.0806 e. The van der Waals surface area contributed by atoms with Gasteiger partial charge >= 0.3 is 0 Å². The van der Waals surface area contributed by atoms with Gasteiger partial charge in [0, 0.05) is 60.0 Å². The molecule has 0 bridgehead atoms. The molecule has 2 fully saturated rings. The van der Waals surface area contributed by atoms with Crippen molar-refractivity contribution in [2.24, 2.45) is 4.99 Å². The van der Waals surface area contributed by atoms with Gasteiger partial charge in [0.2, 0.25) is 0 Å². The van der Waals surface area contributed by atoms with Crippen molar-refractivity contribution < 1.29 is 4.74 Å². The summed E-state index contributed by atoms with van der Waals surface area (Å²) >= 11 is 2.64. The Morgan fingerprint density at radius 1 is 0.931 bits per heavy atom. The summed E-state index contributed by atoms with van der Waals surface area (Å²) in [4.78, 5) is 11.5. The van der Waals surface area contributed by atoms with Gasteiger partial charge in [-0.15, -0.1) is 0 Å². The van der Waals surface area contributed by atoms with Crippen molar-refractivity contribution in [3.63, 3.8) is 0 Å². The van der Waals surface area contributed by atoms with E-state index in [1.54, 1.807) is 0 Å². The van der Waals surface area contributed by atoms with Gasteiger partial charge in [0.25, 0.3) is 0 Å². The van der Waals surface area contributed by atoms with Crippen LogP contribution in [0.3, 0.4) is 0 Å². The van der Waals surface area contributed by atoms with Crippen LogP contribution in [0.5, 0.6) is 0 Å². The minimum Gasteiger partial charge on any atom is -0.378 e. The lowest BCUT2D eigenvalue weighted by molar-refractivity contribution is 0.122. The molecule has 0 spiro atoms. The van der Waals surface area contributed by atoms with E-state index in [-0.39, 0.29) is 7.66 Å². The van der Waals surface area contributed by atoms with Crippen molar-refractivity contribution in [1.29, 1.82) is 0 Å². The fourth-order valence-corrected chi connectivity index (χ4v) is 7.81. The number of piperazine rings is 1. The van der Waals surface area contributed by atoms with E-state index in [0.717, 1.165) is 52.5 Å². The van der Waals surface area contributed by atoms with E-state index in [2.05, 4.69) is 74.4 Å². The number of anilines is 2. The molecule has 2 saturated heterocycles. The first-order chi connectivity index (χ1) is 14.1. The third kappa shape index (κ3) is 3.71. The minimum absolute atomic E-state index is 0.0140.